The van der Waals surface area contributed by atoms with Crippen LogP contribution in [0, 0.1) is 0 Å². The summed E-state index contributed by atoms with van der Waals surface area (Å²) >= 11 is 1.65. The number of aliphatic imine (C=N–C) groups is 1. The Morgan fingerprint density at radius 1 is 1.14 bits per heavy atom. The second-order valence-corrected chi connectivity index (χ2v) is 9.44. The summed E-state index contributed by atoms with van der Waals surface area (Å²) in [4.78, 5) is 4.98. The Kier molecular flexibility index (Phi) is 7.47. The van der Waals surface area contributed by atoms with Crippen molar-refractivity contribution in [3.63, 3.8) is 0 Å². The molecule has 0 amide bonds. The fourth-order valence-corrected chi connectivity index (χ4v) is 5.62. The molecule has 0 unspecified atom stereocenters. The third-order valence-corrected chi connectivity index (χ3v) is 7.43. The lowest BCUT2D eigenvalue weighted by atomic mass is 10.2. The number of nitrogens with zero attached hydrogens (tertiary/aromatic N) is 2. The molecule has 28 heavy (non-hydrogen) atoms. The molecule has 1 fully saturated rings. The lowest BCUT2D eigenvalue weighted by Gasteiger charge is -2.27. The topological polar surface area (TPSA) is 73.8 Å². The first-order valence-electron chi connectivity index (χ1n) is 9.72. The van der Waals surface area contributed by atoms with Crippen molar-refractivity contribution in [2.24, 2.45) is 4.99 Å². The second-order valence-electron chi connectivity index (χ2n) is 6.75. The van der Waals surface area contributed by atoms with Gasteiger partial charge in [0.15, 0.2) is 5.96 Å². The fourth-order valence-electron chi connectivity index (χ4n) is 3.22. The largest absolute Gasteiger partial charge is 0.357 e. The zero-order valence-corrected chi connectivity index (χ0v) is 17.9. The van der Waals surface area contributed by atoms with E-state index in [4.69, 9.17) is 0 Å². The highest BCUT2D eigenvalue weighted by Gasteiger charge is 2.27. The van der Waals surface area contributed by atoms with Gasteiger partial charge in [-0.05, 0) is 53.8 Å². The Hall–Kier alpha value is -1.90. The normalized spacial score (nSPS) is 16.1. The van der Waals surface area contributed by atoms with Crippen LogP contribution in [0.2, 0.25) is 0 Å². The molecule has 2 aromatic rings. The maximum absolute atomic E-state index is 13.1. The highest BCUT2D eigenvalue weighted by atomic mass is 32.2. The maximum Gasteiger partial charge on any atom is 0.243 e. The molecule has 152 valence electrons. The van der Waals surface area contributed by atoms with E-state index in [1.807, 2.05) is 24.4 Å². The van der Waals surface area contributed by atoms with E-state index in [0.29, 0.717) is 37.0 Å². The first-order chi connectivity index (χ1) is 13.6. The van der Waals surface area contributed by atoms with Gasteiger partial charge in [0.25, 0.3) is 0 Å². The number of piperidine rings is 1. The maximum atomic E-state index is 13.1. The predicted molar refractivity (Wildman–Crippen MR) is 115 cm³/mol. The van der Waals surface area contributed by atoms with Crippen molar-refractivity contribution in [2.45, 2.75) is 44.2 Å². The summed E-state index contributed by atoms with van der Waals surface area (Å²) in [6.45, 7) is 4.95. The Morgan fingerprint density at radius 3 is 2.64 bits per heavy atom. The van der Waals surface area contributed by atoms with Gasteiger partial charge in [-0.15, -0.1) is 0 Å². The van der Waals surface area contributed by atoms with Crippen LogP contribution in [-0.4, -0.2) is 38.3 Å². The molecule has 6 nitrogen and oxygen atoms in total. The quantitative estimate of drug-likeness (QED) is 0.533. The van der Waals surface area contributed by atoms with Gasteiger partial charge in [0.1, 0.15) is 0 Å². The summed E-state index contributed by atoms with van der Waals surface area (Å²) in [5.41, 5.74) is 1.92. The van der Waals surface area contributed by atoms with Gasteiger partial charge in [0.2, 0.25) is 10.0 Å². The molecule has 0 bridgehead atoms. The zero-order chi connectivity index (χ0) is 19.8. The van der Waals surface area contributed by atoms with Crippen LogP contribution < -0.4 is 10.6 Å². The van der Waals surface area contributed by atoms with Crippen molar-refractivity contribution in [3.05, 3.63) is 52.2 Å². The Bertz CT molecular complexity index is 873. The van der Waals surface area contributed by atoms with Gasteiger partial charge < -0.3 is 10.6 Å². The highest BCUT2D eigenvalue weighted by molar-refractivity contribution is 7.89. The van der Waals surface area contributed by atoms with E-state index >= 15 is 0 Å². The van der Waals surface area contributed by atoms with Crippen molar-refractivity contribution in [2.75, 3.05) is 19.6 Å². The van der Waals surface area contributed by atoms with Crippen LogP contribution in [-0.2, 0) is 23.1 Å². The van der Waals surface area contributed by atoms with Crippen LogP contribution in [0.15, 0.2) is 51.0 Å². The van der Waals surface area contributed by atoms with Crippen LogP contribution in [0.3, 0.4) is 0 Å². The van der Waals surface area contributed by atoms with Crippen molar-refractivity contribution >= 4 is 27.3 Å². The summed E-state index contributed by atoms with van der Waals surface area (Å²) in [7, 11) is -3.47. The monoisotopic (exact) mass is 420 g/mol. The standard InChI is InChI=1S/C20H28N4O2S2/c1-2-21-20(22-14-17-10-13-27-16-17)23-15-18-8-4-5-9-19(18)28(25,26)24-11-6-3-7-12-24/h4-5,8-10,13,16H,2-3,6-7,11-12,14-15H2,1H3,(H2,21,22,23). The summed E-state index contributed by atoms with van der Waals surface area (Å²) in [6, 6.07) is 9.29. The van der Waals surface area contributed by atoms with E-state index in [9.17, 15) is 8.42 Å². The first-order valence-corrected chi connectivity index (χ1v) is 12.1. The Labute approximate surface area is 171 Å². The van der Waals surface area contributed by atoms with Crippen LogP contribution in [0.5, 0.6) is 0 Å². The predicted octanol–water partition coefficient (Wildman–Crippen LogP) is 3.18. The van der Waals surface area contributed by atoms with E-state index in [2.05, 4.69) is 27.1 Å². The summed E-state index contributed by atoms with van der Waals surface area (Å²) in [6.07, 6.45) is 2.96. The van der Waals surface area contributed by atoms with Gasteiger partial charge in [-0.25, -0.2) is 13.4 Å². The van der Waals surface area contributed by atoms with E-state index in [1.165, 1.54) is 0 Å². The molecular weight excluding hydrogens is 392 g/mol. The van der Waals surface area contributed by atoms with Gasteiger partial charge in [-0.3, -0.25) is 0 Å². The third kappa shape index (κ3) is 5.33. The van der Waals surface area contributed by atoms with Gasteiger partial charge >= 0.3 is 0 Å². The molecule has 1 saturated heterocycles. The number of hydrogen-bond acceptors (Lipinski definition) is 4. The van der Waals surface area contributed by atoms with Gasteiger partial charge in [0, 0.05) is 26.2 Å². The van der Waals surface area contributed by atoms with Crippen LogP contribution >= 0.6 is 11.3 Å². The van der Waals surface area contributed by atoms with Crippen molar-refractivity contribution in [1.29, 1.82) is 0 Å². The summed E-state index contributed by atoms with van der Waals surface area (Å²) in [5.74, 6) is 0.680. The van der Waals surface area contributed by atoms with E-state index in [1.54, 1.807) is 27.8 Å². The molecule has 3 rings (SSSR count). The van der Waals surface area contributed by atoms with Gasteiger partial charge in [-0.2, -0.15) is 15.6 Å². The number of sulfonamides is 1. The van der Waals surface area contributed by atoms with E-state index in [0.717, 1.165) is 36.9 Å². The average Bonchev–Trinajstić information content (AvgIpc) is 3.24. The fraction of sp³-hybridized carbons (Fsp3) is 0.450. The SMILES string of the molecule is CCNC(=NCc1ccsc1)NCc1ccccc1S(=O)(=O)N1CCCCC1. The van der Waals surface area contributed by atoms with Crippen molar-refractivity contribution < 1.29 is 8.42 Å². The third-order valence-electron chi connectivity index (χ3n) is 4.70. The molecule has 8 heteroatoms. The number of rotatable bonds is 7. The number of benzene rings is 1. The molecule has 2 N–H and O–H groups in total. The molecule has 0 saturated carbocycles. The molecule has 2 heterocycles. The molecule has 1 aliphatic rings. The van der Waals surface area contributed by atoms with Gasteiger partial charge in [0.05, 0.1) is 11.4 Å². The summed E-state index contributed by atoms with van der Waals surface area (Å²) < 4.78 is 27.8. The molecule has 0 atom stereocenters. The summed E-state index contributed by atoms with van der Waals surface area (Å²) in [5, 5.41) is 10.6. The van der Waals surface area contributed by atoms with Crippen LogP contribution in [0.25, 0.3) is 0 Å². The average molecular weight is 421 g/mol. The Morgan fingerprint density at radius 2 is 1.93 bits per heavy atom. The van der Waals surface area contributed by atoms with Crippen molar-refractivity contribution in [1.82, 2.24) is 14.9 Å². The number of hydrogen-bond donors (Lipinski definition) is 2. The smallest absolute Gasteiger partial charge is 0.243 e. The van der Waals surface area contributed by atoms with E-state index in [-0.39, 0.29) is 0 Å². The molecule has 1 aromatic carbocycles. The molecule has 1 aliphatic heterocycles. The lowest BCUT2D eigenvalue weighted by molar-refractivity contribution is 0.346. The Balaban J connectivity index is 1.73. The first kappa shape index (κ1) is 20.8. The van der Waals surface area contributed by atoms with Gasteiger partial charge in [-0.1, -0.05) is 24.6 Å². The molecule has 0 radical (unpaired) electrons. The minimum absolute atomic E-state index is 0.387. The lowest BCUT2D eigenvalue weighted by Crippen LogP contribution is -2.38. The minimum Gasteiger partial charge on any atom is -0.357 e. The molecular formula is C20H28N4O2S2. The second kappa shape index (κ2) is 10.0. The number of guanidine groups is 1. The highest BCUT2D eigenvalue weighted by Crippen LogP contribution is 2.23. The van der Waals surface area contributed by atoms with Crippen LogP contribution in [0.4, 0.5) is 0 Å². The minimum atomic E-state index is -3.47. The molecule has 1 aromatic heterocycles. The number of nitrogens with one attached hydrogen (secondary N) is 2. The van der Waals surface area contributed by atoms with E-state index < -0.39 is 10.0 Å². The molecule has 0 spiro atoms. The number of thiophene rings is 1. The molecule has 0 aliphatic carbocycles. The zero-order valence-electron chi connectivity index (χ0n) is 16.2. The van der Waals surface area contributed by atoms with Crippen molar-refractivity contribution in [3.8, 4) is 0 Å². The van der Waals surface area contributed by atoms with Crippen LogP contribution in [0.1, 0.15) is 37.3 Å².